The summed E-state index contributed by atoms with van der Waals surface area (Å²) in [6.07, 6.45) is 0.687. The van der Waals surface area contributed by atoms with E-state index in [1.54, 1.807) is 6.92 Å². The molecule has 0 aromatic heterocycles. The first-order valence-corrected chi connectivity index (χ1v) is 8.16. The molecule has 2 atom stereocenters. The maximum atomic E-state index is 11.5. The van der Waals surface area contributed by atoms with Crippen LogP contribution in [-0.2, 0) is 23.1 Å². The second kappa shape index (κ2) is 8.74. The second-order valence-electron chi connectivity index (χ2n) is 5.63. The average Bonchev–Trinajstić information content (AvgIpc) is 2.31. The molecule has 1 N–H and O–H groups in total. The molecule has 0 fully saturated rings. The summed E-state index contributed by atoms with van der Waals surface area (Å²) in [6, 6.07) is 0. The summed E-state index contributed by atoms with van der Waals surface area (Å²) in [4.78, 5) is 20.7. The summed E-state index contributed by atoms with van der Waals surface area (Å²) in [6.45, 7) is 4.10. The van der Waals surface area contributed by atoms with Crippen molar-refractivity contribution in [2.75, 3.05) is 47.5 Å². The molecule has 0 aromatic carbocycles. The number of hydrogen-bond donors (Lipinski definition) is 1. The van der Waals surface area contributed by atoms with Crippen molar-refractivity contribution in [3.05, 3.63) is 0 Å². The minimum atomic E-state index is -4.07. The van der Waals surface area contributed by atoms with Crippen molar-refractivity contribution in [2.24, 2.45) is 5.92 Å². The van der Waals surface area contributed by atoms with Crippen molar-refractivity contribution in [3.63, 3.8) is 0 Å². The number of esters is 1. The Balaban J connectivity index is 3.83. The van der Waals surface area contributed by atoms with Gasteiger partial charge in [0.05, 0.1) is 33.7 Å². The van der Waals surface area contributed by atoms with E-state index in [1.165, 1.54) is 0 Å². The van der Waals surface area contributed by atoms with Crippen LogP contribution in [0.3, 0.4) is 0 Å². The van der Waals surface area contributed by atoms with Crippen LogP contribution < -0.4 is 0 Å². The Labute approximate surface area is 121 Å². The highest BCUT2D eigenvalue weighted by molar-refractivity contribution is 7.47. The summed E-state index contributed by atoms with van der Waals surface area (Å²) in [5, 5.41) is 0. The normalized spacial score (nSPS) is 16.5. The predicted octanol–water partition coefficient (Wildman–Crippen LogP) is 1.42. The van der Waals surface area contributed by atoms with Crippen molar-refractivity contribution in [1.29, 1.82) is 0 Å². The van der Waals surface area contributed by atoms with Crippen LogP contribution in [-0.4, -0.2) is 62.9 Å². The molecule has 0 saturated carbocycles. The summed E-state index contributed by atoms with van der Waals surface area (Å²) in [5.74, 6) is -0.522. The van der Waals surface area contributed by atoms with Gasteiger partial charge in [-0.3, -0.25) is 13.8 Å². The molecule has 0 radical (unpaired) electrons. The number of nitrogens with zero attached hydrogens (tertiary/aromatic N) is 1. The zero-order valence-electron chi connectivity index (χ0n) is 13.0. The van der Waals surface area contributed by atoms with E-state index in [4.69, 9.17) is 13.8 Å². The van der Waals surface area contributed by atoms with Crippen molar-refractivity contribution in [2.45, 2.75) is 20.3 Å². The Morgan fingerprint density at radius 3 is 2.25 bits per heavy atom. The zero-order valence-corrected chi connectivity index (χ0v) is 13.9. The molecular formula is C12H27NO6P+. The van der Waals surface area contributed by atoms with Gasteiger partial charge in [0.25, 0.3) is 0 Å². The SMILES string of the molecule is CCC(C)C(=O)OCCOP(=O)(O)OCC[N+](C)(C)C. The fraction of sp³-hybridized carbons (Fsp3) is 0.917. The Morgan fingerprint density at radius 2 is 1.75 bits per heavy atom. The van der Waals surface area contributed by atoms with E-state index in [9.17, 15) is 14.3 Å². The van der Waals surface area contributed by atoms with Gasteiger partial charge in [0.15, 0.2) is 0 Å². The Kier molecular flexibility index (Phi) is 8.54. The van der Waals surface area contributed by atoms with Gasteiger partial charge < -0.3 is 14.1 Å². The minimum absolute atomic E-state index is 0.0631. The molecule has 8 heteroatoms. The summed E-state index contributed by atoms with van der Waals surface area (Å²) < 4.78 is 26.5. The molecule has 0 aliphatic heterocycles. The molecule has 0 aliphatic carbocycles. The lowest BCUT2D eigenvalue weighted by Crippen LogP contribution is -2.37. The van der Waals surface area contributed by atoms with Crippen LogP contribution in [0.1, 0.15) is 20.3 Å². The minimum Gasteiger partial charge on any atom is -0.463 e. The first-order chi connectivity index (χ1) is 9.07. The van der Waals surface area contributed by atoms with Crippen LogP contribution in [0.25, 0.3) is 0 Å². The number of phosphoric ester groups is 1. The standard InChI is InChI=1S/C12H26NO6P/c1-6-11(2)12(14)17-9-10-19-20(15,16)18-8-7-13(3,4)5/h11H,6-10H2,1-5H3/p+1. The van der Waals surface area contributed by atoms with Gasteiger partial charge in [-0.15, -0.1) is 0 Å². The van der Waals surface area contributed by atoms with E-state index in [0.717, 1.165) is 0 Å². The molecule has 0 aliphatic rings. The number of quaternary nitrogens is 1. The molecule has 0 amide bonds. The van der Waals surface area contributed by atoms with Crippen LogP contribution >= 0.6 is 7.82 Å². The zero-order chi connectivity index (χ0) is 15.8. The van der Waals surface area contributed by atoms with Gasteiger partial charge in [0.1, 0.15) is 19.8 Å². The van der Waals surface area contributed by atoms with Crippen LogP contribution in [0.2, 0.25) is 0 Å². The van der Waals surface area contributed by atoms with E-state index >= 15 is 0 Å². The van der Waals surface area contributed by atoms with Crippen molar-refractivity contribution >= 4 is 13.8 Å². The molecular weight excluding hydrogens is 285 g/mol. The highest BCUT2D eigenvalue weighted by atomic mass is 31.2. The van der Waals surface area contributed by atoms with Crippen LogP contribution in [0.15, 0.2) is 0 Å². The lowest BCUT2D eigenvalue weighted by Gasteiger charge is -2.24. The number of rotatable bonds is 10. The van der Waals surface area contributed by atoms with Crippen molar-refractivity contribution in [3.8, 4) is 0 Å². The second-order valence-corrected chi connectivity index (χ2v) is 7.08. The van der Waals surface area contributed by atoms with E-state index in [0.29, 0.717) is 17.4 Å². The van der Waals surface area contributed by atoms with Gasteiger partial charge in [-0.1, -0.05) is 13.8 Å². The molecule has 0 aromatic rings. The third-order valence-electron chi connectivity index (χ3n) is 2.61. The Hall–Kier alpha value is -0.460. The van der Waals surface area contributed by atoms with Gasteiger partial charge in [-0.2, -0.15) is 0 Å². The number of ether oxygens (including phenoxy) is 1. The van der Waals surface area contributed by atoms with Crippen molar-refractivity contribution in [1.82, 2.24) is 0 Å². The number of carbonyl (C=O) groups is 1. The topological polar surface area (TPSA) is 82.1 Å². The van der Waals surface area contributed by atoms with Gasteiger partial charge in [-0.25, -0.2) is 4.57 Å². The Morgan fingerprint density at radius 1 is 1.20 bits per heavy atom. The monoisotopic (exact) mass is 312 g/mol. The third-order valence-corrected chi connectivity index (χ3v) is 3.63. The highest BCUT2D eigenvalue weighted by Gasteiger charge is 2.22. The third kappa shape index (κ3) is 10.3. The first-order valence-electron chi connectivity index (χ1n) is 6.66. The van der Waals surface area contributed by atoms with Gasteiger partial charge in [0, 0.05) is 0 Å². The maximum Gasteiger partial charge on any atom is 0.472 e. The Bertz CT molecular complexity index is 341. The highest BCUT2D eigenvalue weighted by Crippen LogP contribution is 2.42. The smallest absolute Gasteiger partial charge is 0.463 e. The lowest BCUT2D eigenvalue weighted by molar-refractivity contribution is -0.870. The number of carbonyl (C=O) groups excluding carboxylic acids is 1. The molecule has 0 saturated heterocycles. The van der Waals surface area contributed by atoms with E-state index < -0.39 is 7.82 Å². The molecule has 0 spiro atoms. The number of likely N-dealkylation sites (N-methyl/N-ethyl adjacent to an activating group) is 1. The van der Waals surface area contributed by atoms with E-state index in [2.05, 4.69) is 0 Å². The molecule has 7 nitrogen and oxygen atoms in total. The molecule has 0 rings (SSSR count). The molecule has 0 heterocycles. The molecule has 20 heavy (non-hydrogen) atoms. The molecule has 2 unspecified atom stereocenters. The first kappa shape index (κ1) is 19.5. The largest absolute Gasteiger partial charge is 0.472 e. The quantitative estimate of drug-likeness (QED) is 0.284. The summed E-state index contributed by atoms with van der Waals surface area (Å²) in [7, 11) is 1.77. The van der Waals surface area contributed by atoms with Gasteiger partial charge in [-0.05, 0) is 6.42 Å². The maximum absolute atomic E-state index is 11.5. The summed E-state index contributed by atoms with van der Waals surface area (Å²) in [5.41, 5.74) is 0. The van der Waals surface area contributed by atoms with Crippen LogP contribution in [0.5, 0.6) is 0 Å². The fourth-order valence-corrected chi connectivity index (χ4v) is 1.76. The predicted molar refractivity (Wildman–Crippen MR) is 75.0 cm³/mol. The van der Waals surface area contributed by atoms with Crippen LogP contribution in [0.4, 0.5) is 0 Å². The average molecular weight is 312 g/mol. The lowest BCUT2D eigenvalue weighted by atomic mass is 10.1. The fourth-order valence-electron chi connectivity index (χ4n) is 1.07. The van der Waals surface area contributed by atoms with Crippen molar-refractivity contribution < 1.29 is 32.5 Å². The number of hydrogen-bond acceptors (Lipinski definition) is 5. The van der Waals surface area contributed by atoms with Gasteiger partial charge >= 0.3 is 13.8 Å². The van der Waals surface area contributed by atoms with E-state index in [1.807, 2.05) is 28.1 Å². The van der Waals surface area contributed by atoms with Gasteiger partial charge in [0.2, 0.25) is 0 Å². The molecule has 120 valence electrons. The molecule has 0 bridgehead atoms. The van der Waals surface area contributed by atoms with Crippen LogP contribution in [0, 0.1) is 5.92 Å². The number of phosphoric acid groups is 1. The summed E-state index contributed by atoms with van der Waals surface area (Å²) >= 11 is 0. The van der Waals surface area contributed by atoms with E-state index in [-0.39, 0.29) is 31.7 Å².